The molecule has 0 bridgehead atoms. The van der Waals surface area contributed by atoms with Crippen LogP contribution in [0.5, 0.6) is 5.75 Å². The average Bonchev–Trinajstić information content (AvgIpc) is 3.13. The second-order valence-electron chi connectivity index (χ2n) is 6.59. The van der Waals surface area contributed by atoms with E-state index in [1.54, 1.807) is 4.90 Å². The van der Waals surface area contributed by atoms with E-state index in [1.807, 2.05) is 67.7 Å². The Morgan fingerprint density at radius 1 is 0.885 bits per heavy atom. The third-order valence-electron chi connectivity index (χ3n) is 4.89. The first-order valence-corrected chi connectivity index (χ1v) is 8.85. The Morgan fingerprint density at radius 3 is 2.00 bits per heavy atom. The van der Waals surface area contributed by atoms with Crippen molar-refractivity contribution in [2.75, 3.05) is 7.05 Å². The minimum absolute atomic E-state index is 0.00101. The number of benzene rings is 3. The number of hydrogen-bond donors (Lipinski definition) is 0. The van der Waals surface area contributed by atoms with Gasteiger partial charge in [-0.3, -0.25) is 4.79 Å². The molecule has 3 aromatic carbocycles. The van der Waals surface area contributed by atoms with Gasteiger partial charge in [0, 0.05) is 13.5 Å². The van der Waals surface area contributed by atoms with Gasteiger partial charge in [-0.15, -0.1) is 0 Å². The lowest BCUT2D eigenvalue weighted by Gasteiger charge is -2.31. The quantitative estimate of drug-likeness (QED) is 0.709. The zero-order valence-corrected chi connectivity index (χ0v) is 14.7. The number of carbonyl (C=O) groups is 1. The van der Waals surface area contributed by atoms with Crippen LogP contribution in [-0.2, 0) is 11.2 Å². The fourth-order valence-electron chi connectivity index (χ4n) is 3.58. The summed E-state index contributed by atoms with van der Waals surface area (Å²) in [5.41, 5.74) is 3.27. The SMILES string of the molecule is CN(C(=O)[C@H]1Cc2ccccc2O1)C(c1ccccc1)c1ccccc1. The van der Waals surface area contributed by atoms with Gasteiger partial charge in [-0.2, -0.15) is 0 Å². The molecule has 0 saturated carbocycles. The molecule has 3 nitrogen and oxygen atoms in total. The Morgan fingerprint density at radius 2 is 1.42 bits per heavy atom. The minimum Gasteiger partial charge on any atom is -0.480 e. The van der Waals surface area contributed by atoms with Crippen molar-refractivity contribution in [2.45, 2.75) is 18.6 Å². The van der Waals surface area contributed by atoms with Gasteiger partial charge in [0.15, 0.2) is 6.10 Å². The Labute approximate surface area is 153 Å². The van der Waals surface area contributed by atoms with Crippen LogP contribution in [0.2, 0.25) is 0 Å². The van der Waals surface area contributed by atoms with Gasteiger partial charge in [0.05, 0.1) is 6.04 Å². The maximum absolute atomic E-state index is 13.2. The van der Waals surface area contributed by atoms with E-state index < -0.39 is 6.10 Å². The van der Waals surface area contributed by atoms with E-state index in [4.69, 9.17) is 4.74 Å². The molecule has 1 atom stereocenters. The van der Waals surface area contributed by atoms with Crippen LogP contribution in [0.4, 0.5) is 0 Å². The van der Waals surface area contributed by atoms with Gasteiger partial charge >= 0.3 is 0 Å². The number of nitrogens with zero attached hydrogens (tertiary/aromatic N) is 1. The van der Waals surface area contributed by atoms with Gasteiger partial charge in [-0.25, -0.2) is 0 Å². The summed E-state index contributed by atoms with van der Waals surface area (Å²) in [6, 6.07) is 28.0. The van der Waals surface area contributed by atoms with Crippen molar-refractivity contribution in [3.8, 4) is 5.75 Å². The van der Waals surface area contributed by atoms with E-state index in [1.165, 1.54) is 0 Å². The van der Waals surface area contributed by atoms with Gasteiger partial charge in [-0.1, -0.05) is 78.9 Å². The van der Waals surface area contributed by atoms with Crippen LogP contribution in [-0.4, -0.2) is 24.0 Å². The van der Waals surface area contributed by atoms with Gasteiger partial charge in [0.2, 0.25) is 0 Å². The number of hydrogen-bond acceptors (Lipinski definition) is 2. The molecule has 0 aliphatic carbocycles. The highest BCUT2D eigenvalue weighted by Crippen LogP contribution is 2.32. The summed E-state index contributed by atoms with van der Waals surface area (Å²) >= 11 is 0. The number of para-hydroxylation sites is 1. The maximum atomic E-state index is 13.2. The Hall–Kier alpha value is -3.07. The number of likely N-dealkylation sites (N-methyl/N-ethyl adjacent to an activating group) is 1. The van der Waals surface area contributed by atoms with Crippen LogP contribution < -0.4 is 4.74 Å². The van der Waals surface area contributed by atoms with E-state index in [0.717, 1.165) is 22.4 Å². The smallest absolute Gasteiger partial charge is 0.264 e. The van der Waals surface area contributed by atoms with Gasteiger partial charge < -0.3 is 9.64 Å². The molecule has 1 heterocycles. The van der Waals surface area contributed by atoms with Crippen LogP contribution in [0.15, 0.2) is 84.9 Å². The fourth-order valence-corrected chi connectivity index (χ4v) is 3.58. The molecule has 1 amide bonds. The lowest BCUT2D eigenvalue weighted by molar-refractivity contribution is -0.138. The second-order valence-corrected chi connectivity index (χ2v) is 6.59. The van der Waals surface area contributed by atoms with Crippen molar-refractivity contribution < 1.29 is 9.53 Å². The van der Waals surface area contributed by atoms with E-state index in [-0.39, 0.29) is 11.9 Å². The first-order chi connectivity index (χ1) is 12.7. The fraction of sp³-hybridized carbons (Fsp3) is 0.174. The zero-order valence-electron chi connectivity index (χ0n) is 14.7. The number of carbonyl (C=O) groups excluding carboxylic acids is 1. The highest BCUT2D eigenvalue weighted by molar-refractivity contribution is 5.83. The molecule has 0 aromatic heterocycles. The van der Waals surface area contributed by atoms with Crippen LogP contribution in [0.1, 0.15) is 22.7 Å². The van der Waals surface area contributed by atoms with Crippen LogP contribution in [0.3, 0.4) is 0 Å². The highest BCUT2D eigenvalue weighted by Gasteiger charge is 2.34. The number of rotatable bonds is 4. The van der Waals surface area contributed by atoms with E-state index in [9.17, 15) is 4.79 Å². The Kier molecular flexibility index (Phi) is 4.44. The Bertz CT molecular complexity index is 828. The van der Waals surface area contributed by atoms with Crippen molar-refractivity contribution >= 4 is 5.91 Å². The summed E-state index contributed by atoms with van der Waals surface area (Å²) < 4.78 is 5.92. The highest BCUT2D eigenvalue weighted by atomic mass is 16.5. The Balaban J connectivity index is 1.63. The third kappa shape index (κ3) is 3.08. The standard InChI is InChI=1S/C23H21NO2/c1-24(23(25)21-16-19-14-8-9-15-20(19)26-21)22(17-10-4-2-5-11-17)18-12-6-3-7-13-18/h2-15,21-22H,16H2,1H3/t21-/m1/s1. The largest absolute Gasteiger partial charge is 0.480 e. The number of ether oxygens (including phenoxy) is 1. The molecule has 1 aliphatic rings. The van der Waals surface area contributed by atoms with Crippen LogP contribution in [0, 0.1) is 0 Å². The molecule has 0 fully saturated rings. The van der Waals surface area contributed by atoms with E-state index in [0.29, 0.717) is 6.42 Å². The molecule has 0 N–H and O–H groups in total. The van der Waals surface area contributed by atoms with Crippen molar-refractivity contribution in [2.24, 2.45) is 0 Å². The molecule has 0 spiro atoms. The molecule has 1 aliphatic heterocycles. The second kappa shape index (κ2) is 7.04. The maximum Gasteiger partial charge on any atom is 0.264 e. The molecule has 3 aromatic rings. The van der Waals surface area contributed by atoms with Gasteiger partial charge in [0.25, 0.3) is 5.91 Å². The molecule has 0 radical (unpaired) electrons. The number of amides is 1. The van der Waals surface area contributed by atoms with Crippen LogP contribution in [0.25, 0.3) is 0 Å². The molecule has 0 saturated heterocycles. The van der Waals surface area contributed by atoms with Crippen molar-refractivity contribution in [3.63, 3.8) is 0 Å². The summed E-state index contributed by atoms with van der Waals surface area (Å²) in [6.45, 7) is 0. The average molecular weight is 343 g/mol. The minimum atomic E-state index is -0.465. The van der Waals surface area contributed by atoms with Gasteiger partial charge in [-0.05, 0) is 22.8 Å². The van der Waals surface area contributed by atoms with Crippen LogP contribution >= 0.6 is 0 Å². The van der Waals surface area contributed by atoms with E-state index >= 15 is 0 Å². The molecule has 26 heavy (non-hydrogen) atoms. The molecular weight excluding hydrogens is 322 g/mol. The summed E-state index contributed by atoms with van der Waals surface area (Å²) in [5, 5.41) is 0. The molecule has 130 valence electrons. The summed E-state index contributed by atoms with van der Waals surface area (Å²) in [7, 11) is 1.86. The molecular formula is C23H21NO2. The monoisotopic (exact) mass is 343 g/mol. The summed E-state index contributed by atoms with van der Waals surface area (Å²) in [6.07, 6.45) is 0.155. The lowest BCUT2D eigenvalue weighted by atomic mass is 9.96. The zero-order chi connectivity index (χ0) is 17.9. The lowest BCUT2D eigenvalue weighted by Crippen LogP contribution is -2.41. The molecule has 3 heteroatoms. The summed E-state index contributed by atoms with van der Waals surface area (Å²) in [4.78, 5) is 15.0. The normalized spacial score (nSPS) is 15.4. The topological polar surface area (TPSA) is 29.5 Å². The first-order valence-electron chi connectivity index (χ1n) is 8.85. The van der Waals surface area contributed by atoms with E-state index in [2.05, 4.69) is 24.3 Å². The van der Waals surface area contributed by atoms with Crippen molar-refractivity contribution in [3.05, 3.63) is 102 Å². The molecule has 0 unspecified atom stereocenters. The molecule has 4 rings (SSSR count). The third-order valence-corrected chi connectivity index (χ3v) is 4.89. The predicted molar refractivity (Wildman–Crippen MR) is 102 cm³/mol. The first kappa shape index (κ1) is 16.4. The van der Waals surface area contributed by atoms with Gasteiger partial charge in [0.1, 0.15) is 5.75 Å². The van der Waals surface area contributed by atoms with Crippen molar-refractivity contribution in [1.29, 1.82) is 0 Å². The summed E-state index contributed by atoms with van der Waals surface area (Å²) in [5.74, 6) is 0.814. The number of fused-ring (bicyclic) bond motifs is 1. The van der Waals surface area contributed by atoms with Crippen molar-refractivity contribution in [1.82, 2.24) is 4.90 Å². The predicted octanol–water partition coefficient (Wildman–Crippen LogP) is 4.24.